The van der Waals surface area contributed by atoms with Crippen molar-refractivity contribution >= 4 is 28.8 Å². The molecule has 2 N–H and O–H groups in total. The summed E-state index contributed by atoms with van der Waals surface area (Å²) in [7, 11) is 4.85. The molecule has 4 aromatic rings. The lowest BCUT2D eigenvalue weighted by Gasteiger charge is -2.28. The van der Waals surface area contributed by atoms with E-state index in [1.807, 2.05) is 4.90 Å². The molecule has 16 heteroatoms. The summed E-state index contributed by atoms with van der Waals surface area (Å²) in [5.41, 5.74) is 1.74. The quantitative estimate of drug-likeness (QED) is 0.249. The highest BCUT2D eigenvalue weighted by molar-refractivity contribution is 5.92. The summed E-state index contributed by atoms with van der Waals surface area (Å²) in [6, 6.07) is 3.18. The lowest BCUT2D eigenvalue weighted by molar-refractivity contribution is -0.137. The van der Waals surface area contributed by atoms with Crippen LogP contribution in [0.2, 0.25) is 0 Å². The summed E-state index contributed by atoms with van der Waals surface area (Å²) in [4.78, 5) is 37.7. The Morgan fingerprint density at radius 1 is 1.17 bits per heavy atom. The lowest BCUT2D eigenvalue weighted by atomic mass is 10.1. The molecule has 1 aliphatic heterocycles. The van der Waals surface area contributed by atoms with Crippen molar-refractivity contribution in [1.82, 2.24) is 35.0 Å². The van der Waals surface area contributed by atoms with Crippen LogP contribution in [0.15, 0.2) is 30.6 Å². The largest absolute Gasteiger partial charge is 0.496 e. The normalized spacial score (nSPS) is 13.9. The van der Waals surface area contributed by atoms with Gasteiger partial charge in [0.25, 0.3) is 5.91 Å². The molecule has 0 spiro atoms. The van der Waals surface area contributed by atoms with E-state index in [-0.39, 0.29) is 29.2 Å². The minimum Gasteiger partial charge on any atom is -0.496 e. The molecule has 4 heterocycles. The molecular weight excluding hydrogens is 547 g/mol. The third kappa shape index (κ3) is 5.55. The van der Waals surface area contributed by atoms with E-state index in [0.29, 0.717) is 55.1 Å². The van der Waals surface area contributed by atoms with Crippen LogP contribution in [0.3, 0.4) is 0 Å². The molecule has 0 aliphatic carbocycles. The third-order valence-corrected chi connectivity index (χ3v) is 6.59. The first kappa shape index (κ1) is 28.0. The zero-order chi connectivity index (χ0) is 29.3. The van der Waals surface area contributed by atoms with Crippen LogP contribution < -0.4 is 20.0 Å². The highest BCUT2D eigenvalue weighted by atomic mass is 19.4. The van der Waals surface area contributed by atoms with E-state index in [2.05, 4.69) is 15.0 Å². The summed E-state index contributed by atoms with van der Waals surface area (Å²) in [6.07, 6.45) is -2.02. The van der Waals surface area contributed by atoms with Crippen LogP contribution in [0.4, 0.5) is 24.9 Å². The zero-order valence-electron chi connectivity index (χ0n) is 22.3. The van der Waals surface area contributed by atoms with Gasteiger partial charge in [0.15, 0.2) is 22.8 Å². The van der Waals surface area contributed by atoms with Crippen LogP contribution in [0.25, 0.3) is 22.6 Å². The number of halogens is 3. The highest BCUT2D eigenvalue weighted by Gasteiger charge is 2.32. The van der Waals surface area contributed by atoms with Gasteiger partial charge < -0.3 is 23.8 Å². The van der Waals surface area contributed by atoms with E-state index in [0.717, 1.165) is 12.1 Å². The number of carbonyl (C=O) groups is 1. The van der Waals surface area contributed by atoms with Gasteiger partial charge in [-0.15, -0.1) is 0 Å². The highest BCUT2D eigenvalue weighted by Crippen LogP contribution is 2.37. The van der Waals surface area contributed by atoms with E-state index in [9.17, 15) is 18.0 Å². The molecule has 1 aromatic carbocycles. The zero-order valence-corrected chi connectivity index (χ0v) is 22.3. The maximum Gasteiger partial charge on any atom is 0.416 e. The number of methoxy groups -OCH3 is 1. The minimum atomic E-state index is -4.56. The van der Waals surface area contributed by atoms with Crippen LogP contribution in [0.1, 0.15) is 21.7 Å². The molecule has 3 aromatic heterocycles. The molecule has 0 unspecified atom stereocenters. The third-order valence-electron chi connectivity index (χ3n) is 6.59. The van der Waals surface area contributed by atoms with Gasteiger partial charge in [-0.25, -0.2) is 30.4 Å². The molecule has 0 saturated carbocycles. The number of hydroxylamine groups is 1. The molecule has 13 nitrogen and oxygen atoms in total. The summed E-state index contributed by atoms with van der Waals surface area (Å²) >= 11 is 0. The first-order valence-electron chi connectivity index (χ1n) is 12.4. The Morgan fingerprint density at radius 3 is 2.51 bits per heavy atom. The first-order chi connectivity index (χ1) is 19.6. The van der Waals surface area contributed by atoms with E-state index in [4.69, 9.17) is 24.6 Å². The standard InChI is InChI=1S/C25H26F3N9O4/c1-35(24-29-11-14(12-30-24)23(38)34-39)13-18-31-19-21(36(18)2)32-20(33-22(19)37-6-8-41-9-7-37)16-10-15(25(26,27)28)4-5-17(16)40-3/h4-5,10-12,39H,6-9,13H2,1-3H3,(H,34,38). The van der Waals surface area contributed by atoms with Crippen molar-refractivity contribution in [2.24, 2.45) is 7.05 Å². The SMILES string of the molecule is COc1ccc(C(F)(F)F)cc1-c1nc(N2CCOCC2)c2nc(CN(C)c3ncc(C(=O)NO)cn3)n(C)c2n1. The monoisotopic (exact) mass is 573 g/mol. The molecule has 1 saturated heterocycles. The number of carbonyl (C=O) groups excluding carboxylic acids is 1. The Kier molecular flexibility index (Phi) is 7.59. The number of morpholine rings is 1. The second-order valence-electron chi connectivity index (χ2n) is 9.21. The van der Waals surface area contributed by atoms with Gasteiger partial charge in [0.1, 0.15) is 11.6 Å². The summed E-state index contributed by atoms with van der Waals surface area (Å²) in [5.74, 6) is 0.833. The predicted octanol–water partition coefficient (Wildman–Crippen LogP) is 2.44. The van der Waals surface area contributed by atoms with Crippen molar-refractivity contribution in [3.8, 4) is 17.1 Å². The van der Waals surface area contributed by atoms with E-state index in [1.54, 1.807) is 23.6 Å². The van der Waals surface area contributed by atoms with Gasteiger partial charge in [-0.05, 0) is 18.2 Å². The lowest BCUT2D eigenvalue weighted by Crippen LogP contribution is -2.37. The van der Waals surface area contributed by atoms with Crippen molar-refractivity contribution in [2.45, 2.75) is 12.7 Å². The Labute approximate surface area is 231 Å². The smallest absolute Gasteiger partial charge is 0.416 e. The number of hydrogen-bond donors (Lipinski definition) is 2. The number of nitrogens with one attached hydrogen (secondary N) is 1. The molecule has 216 valence electrons. The number of anilines is 2. The molecule has 0 atom stereocenters. The van der Waals surface area contributed by atoms with Gasteiger partial charge in [-0.2, -0.15) is 13.2 Å². The number of aryl methyl sites for hydroxylation is 1. The molecule has 5 rings (SSSR count). The summed E-state index contributed by atoms with van der Waals surface area (Å²) in [5, 5.41) is 8.79. The number of imidazole rings is 1. The number of nitrogens with zero attached hydrogens (tertiary/aromatic N) is 8. The molecule has 1 amide bonds. The maximum atomic E-state index is 13.6. The van der Waals surface area contributed by atoms with E-state index in [1.165, 1.54) is 31.0 Å². The second-order valence-corrected chi connectivity index (χ2v) is 9.21. The minimum absolute atomic E-state index is 0.0610. The molecule has 41 heavy (non-hydrogen) atoms. The Bertz CT molecular complexity index is 1570. The van der Waals surface area contributed by atoms with E-state index < -0.39 is 17.6 Å². The molecular formula is C25H26F3N9O4. The topological polar surface area (TPSA) is 144 Å². The molecule has 1 aliphatic rings. The van der Waals surface area contributed by atoms with Gasteiger partial charge in [-0.3, -0.25) is 10.0 Å². The Hall–Kier alpha value is -4.57. The van der Waals surface area contributed by atoms with Crippen LogP contribution in [0, 0.1) is 0 Å². The van der Waals surface area contributed by atoms with E-state index >= 15 is 0 Å². The van der Waals surface area contributed by atoms with Crippen molar-refractivity contribution in [3.63, 3.8) is 0 Å². The number of amides is 1. The van der Waals surface area contributed by atoms with Crippen molar-refractivity contribution in [3.05, 3.63) is 47.5 Å². The number of aromatic nitrogens is 6. The number of ether oxygens (including phenoxy) is 2. The van der Waals surface area contributed by atoms with Crippen LogP contribution >= 0.6 is 0 Å². The first-order valence-corrected chi connectivity index (χ1v) is 12.4. The summed E-state index contributed by atoms with van der Waals surface area (Å²) < 4.78 is 53.3. The number of alkyl halides is 3. The van der Waals surface area contributed by atoms with Crippen molar-refractivity contribution in [1.29, 1.82) is 0 Å². The fraction of sp³-hybridized carbons (Fsp3) is 0.360. The van der Waals surface area contributed by atoms with Crippen molar-refractivity contribution < 1.29 is 32.6 Å². The van der Waals surface area contributed by atoms with Gasteiger partial charge in [0.05, 0.1) is 43.6 Å². The number of benzene rings is 1. The van der Waals surface area contributed by atoms with Crippen LogP contribution in [0.5, 0.6) is 5.75 Å². The summed E-state index contributed by atoms with van der Waals surface area (Å²) in [6.45, 7) is 2.16. The fourth-order valence-electron chi connectivity index (χ4n) is 4.39. The predicted molar refractivity (Wildman–Crippen MR) is 140 cm³/mol. The maximum absolute atomic E-state index is 13.6. The van der Waals surface area contributed by atoms with Crippen LogP contribution in [-0.2, 0) is 24.5 Å². The number of hydrogen-bond acceptors (Lipinski definition) is 11. The average Bonchev–Trinajstić information content (AvgIpc) is 3.30. The van der Waals surface area contributed by atoms with Crippen LogP contribution in [-0.4, -0.2) is 81.1 Å². The average molecular weight is 574 g/mol. The number of fused-ring (bicyclic) bond motifs is 1. The fourth-order valence-corrected chi connectivity index (χ4v) is 4.39. The molecule has 1 fully saturated rings. The Balaban J connectivity index is 1.59. The second kappa shape index (κ2) is 11.1. The van der Waals surface area contributed by atoms with Crippen molar-refractivity contribution in [2.75, 3.05) is 50.3 Å². The van der Waals surface area contributed by atoms with Gasteiger partial charge in [-0.1, -0.05) is 0 Å². The van der Waals surface area contributed by atoms with Gasteiger partial charge in [0.2, 0.25) is 5.95 Å². The number of rotatable bonds is 7. The van der Waals surface area contributed by atoms with Gasteiger partial charge in [0, 0.05) is 39.6 Å². The Morgan fingerprint density at radius 2 is 1.88 bits per heavy atom. The molecule has 0 radical (unpaired) electrons. The molecule has 0 bridgehead atoms. The van der Waals surface area contributed by atoms with Gasteiger partial charge >= 0.3 is 6.18 Å².